The molecule has 0 amide bonds. The molecule has 2 rings (SSSR count). The third kappa shape index (κ3) is 3.14. The van der Waals surface area contributed by atoms with Crippen LogP contribution in [0.3, 0.4) is 0 Å². The summed E-state index contributed by atoms with van der Waals surface area (Å²) in [6.45, 7) is 0.239. The number of rotatable bonds is 3. The standard InChI is InChI=1S/C15H9BrFN3/c16-13-4-3-11(8-19)15(6-13)20-9-12-2-1-10(7-18)5-14(12)17/h1-6,20H,9H2. The normalized spacial score (nSPS) is 9.60. The third-order valence-corrected chi connectivity index (χ3v) is 3.25. The second-order valence-electron chi connectivity index (χ2n) is 4.07. The minimum Gasteiger partial charge on any atom is -0.380 e. The molecule has 0 bridgehead atoms. The van der Waals surface area contributed by atoms with Crippen molar-refractivity contribution in [3.63, 3.8) is 0 Å². The van der Waals surface area contributed by atoms with Gasteiger partial charge in [-0.3, -0.25) is 0 Å². The number of nitriles is 2. The maximum absolute atomic E-state index is 13.7. The summed E-state index contributed by atoms with van der Waals surface area (Å²) in [7, 11) is 0. The minimum absolute atomic E-state index is 0.239. The van der Waals surface area contributed by atoms with Crippen molar-refractivity contribution in [1.82, 2.24) is 0 Å². The summed E-state index contributed by atoms with van der Waals surface area (Å²) >= 11 is 3.33. The van der Waals surface area contributed by atoms with Crippen molar-refractivity contribution in [2.45, 2.75) is 6.54 Å². The molecule has 0 saturated heterocycles. The molecular weight excluding hydrogens is 321 g/mol. The Kier molecular flexibility index (Phi) is 4.34. The van der Waals surface area contributed by atoms with Crippen molar-refractivity contribution in [2.75, 3.05) is 5.32 Å². The van der Waals surface area contributed by atoms with E-state index in [9.17, 15) is 4.39 Å². The number of nitrogens with zero attached hydrogens (tertiary/aromatic N) is 2. The van der Waals surface area contributed by atoms with Crippen molar-refractivity contribution in [2.24, 2.45) is 0 Å². The van der Waals surface area contributed by atoms with Crippen LogP contribution in [0.2, 0.25) is 0 Å². The van der Waals surface area contributed by atoms with Crippen LogP contribution in [-0.2, 0) is 6.54 Å². The molecule has 0 aliphatic rings. The van der Waals surface area contributed by atoms with E-state index < -0.39 is 5.82 Å². The molecule has 0 spiro atoms. The van der Waals surface area contributed by atoms with Gasteiger partial charge in [-0.05, 0) is 30.3 Å². The number of hydrogen-bond donors (Lipinski definition) is 1. The van der Waals surface area contributed by atoms with Crippen LogP contribution in [0.25, 0.3) is 0 Å². The summed E-state index contributed by atoms with van der Waals surface area (Å²) in [6.07, 6.45) is 0. The molecule has 5 heteroatoms. The zero-order valence-corrected chi connectivity index (χ0v) is 11.9. The van der Waals surface area contributed by atoms with Crippen molar-refractivity contribution in [3.05, 3.63) is 63.4 Å². The van der Waals surface area contributed by atoms with Crippen LogP contribution in [-0.4, -0.2) is 0 Å². The molecule has 0 saturated carbocycles. The highest BCUT2D eigenvalue weighted by atomic mass is 79.9. The van der Waals surface area contributed by atoms with Gasteiger partial charge in [0.2, 0.25) is 0 Å². The number of anilines is 1. The lowest BCUT2D eigenvalue weighted by Crippen LogP contribution is -2.03. The van der Waals surface area contributed by atoms with Crippen molar-refractivity contribution in [3.8, 4) is 12.1 Å². The fourth-order valence-corrected chi connectivity index (χ4v) is 2.07. The predicted octanol–water partition coefficient (Wildman–Crippen LogP) is 3.94. The van der Waals surface area contributed by atoms with Gasteiger partial charge in [0, 0.05) is 16.6 Å². The lowest BCUT2D eigenvalue weighted by molar-refractivity contribution is 0.612. The Labute approximate surface area is 124 Å². The minimum atomic E-state index is -0.440. The smallest absolute Gasteiger partial charge is 0.129 e. The highest BCUT2D eigenvalue weighted by molar-refractivity contribution is 9.10. The summed E-state index contributed by atoms with van der Waals surface area (Å²) in [5, 5.41) is 20.7. The van der Waals surface area contributed by atoms with Crippen molar-refractivity contribution >= 4 is 21.6 Å². The first-order chi connectivity index (χ1) is 9.63. The van der Waals surface area contributed by atoms with E-state index in [-0.39, 0.29) is 12.1 Å². The molecule has 2 aromatic rings. The Morgan fingerprint density at radius 2 is 1.90 bits per heavy atom. The predicted molar refractivity (Wildman–Crippen MR) is 77.3 cm³/mol. The average Bonchev–Trinajstić information content (AvgIpc) is 2.46. The van der Waals surface area contributed by atoms with Gasteiger partial charge in [0.05, 0.1) is 22.9 Å². The zero-order chi connectivity index (χ0) is 14.5. The van der Waals surface area contributed by atoms with Gasteiger partial charge in [-0.25, -0.2) is 4.39 Å². The molecular formula is C15H9BrFN3. The Morgan fingerprint density at radius 3 is 2.55 bits per heavy atom. The first kappa shape index (κ1) is 14.0. The lowest BCUT2D eigenvalue weighted by Gasteiger charge is -2.09. The van der Waals surface area contributed by atoms with E-state index in [1.54, 1.807) is 30.3 Å². The van der Waals surface area contributed by atoms with E-state index in [0.717, 1.165) is 4.47 Å². The van der Waals surface area contributed by atoms with Crippen LogP contribution in [0.15, 0.2) is 40.9 Å². The summed E-state index contributed by atoms with van der Waals surface area (Å²) < 4.78 is 14.6. The van der Waals surface area contributed by atoms with E-state index in [4.69, 9.17) is 10.5 Å². The molecule has 3 nitrogen and oxygen atoms in total. The number of halogens is 2. The Morgan fingerprint density at radius 1 is 1.10 bits per heavy atom. The zero-order valence-electron chi connectivity index (χ0n) is 10.3. The Balaban J connectivity index is 2.19. The molecule has 0 atom stereocenters. The number of benzene rings is 2. The van der Waals surface area contributed by atoms with Crippen molar-refractivity contribution in [1.29, 1.82) is 10.5 Å². The second-order valence-corrected chi connectivity index (χ2v) is 4.99. The summed E-state index contributed by atoms with van der Waals surface area (Å²) in [5.41, 5.74) is 1.84. The molecule has 0 radical (unpaired) electrons. The summed E-state index contributed by atoms with van der Waals surface area (Å²) in [4.78, 5) is 0. The van der Waals surface area contributed by atoms with E-state index in [0.29, 0.717) is 16.8 Å². The molecule has 2 aromatic carbocycles. The van der Waals surface area contributed by atoms with Crippen LogP contribution in [0.4, 0.5) is 10.1 Å². The molecule has 0 heterocycles. The quantitative estimate of drug-likeness (QED) is 0.927. The van der Waals surface area contributed by atoms with Gasteiger partial charge in [0.15, 0.2) is 0 Å². The van der Waals surface area contributed by atoms with Gasteiger partial charge >= 0.3 is 0 Å². The first-order valence-corrected chi connectivity index (χ1v) is 6.55. The second kappa shape index (κ2) is 6.18. The van der Waals surface area contributed by atoms with Gasteiger partial charge in [-0.2, -0.15) is 10.5 Å². The van der Waals surface area contributed by atoms with Crippen LogP contribution >= 0.6 is 15.9 Å². The van der Waals surface area contributed by atoms with E-state index in [1.165, 1.54) is 6.07 Å². The first-order valence-electron chi connectivity index (χ1n) is 5.76. The highest BCUT2D eigenvalue weighted by Gasteiger charge is 2.06. The summed E-state index contributed by atoms with van der Waals surface area (Å²) in [6, 6.07) is 13.5. The molecule has 1 N–H and O–H groups in total. The third-order valence-electron chi connectivity index (χ3n) is 2.75. The largest absolute Gasteiger partial charge is 0.380 e. The van der Waals surface area contributed by atoms with Gasteiger partial charge < -0.3 is 5.32 Å². The van der Waals surface area contributed by atoms with Gasteiger partial charge in [-0.1, -0.05) is 22.0 Å². The molecule has 0 aliphatic carbocycles. The number of hydrogen-bond acceptors (Lipinski definition) is 3. The molecule has 0 unspecified atom stereocenters. The molecule has 0 fully saturated rings. The van der Waals surface area contributed by atoms with E-state index in [1.807, 2.05) is 6.07 Å². The maximum Gasteiger partial charge on any atom is 0.129 e. The Hall–Kier alpha value is -2.37. The summed E-state index contributed by atoms with van der Waals surface area (Å²) in [5.74, 6) is -0.440. The SMILES string of the molecule is N#Cc1ccc(CNc2cc(Br)ccc2C#N)c(F)c1. The molecule has 98 valence electrons. The lowest BCUT2D eigenvalue weighted by atomic mass is 10.1. The van der Waals surface area contributed by atoms with Crippen molar-refractivity contribution < 1.29 is 4.39 Å². The van der Waals surface area contributed by atoms with Gasteiger partial charge in [-0.15, -0.1) is 0 Å². The van der Waals surface area contributed by atoms with Crippen LogP contribution in [0.5, 0.6) is 0 Å². The van der Waals surface area contributed by atoms with Gasteiger partial charge in [0.1, 0.15) is 11.9 Å². The monoisotopic (exact) mass is 329 g/mol. The topological polar surface area (TPSA) is 59.6 Å². The van der Waals surface area contributed by atoms with Crippen LogP contribution < -0.4 is 5.32 Å². The Bertz CT molecular complexity index is 729. The van der Waals surface area contributed by atoms with Crippen LogP contribution in [0.1, 0.15) is 16.7 Å². The fourth-order valence-electron chi connectivity index (χ4n) is 1.71. The maximum atomic E-state index is 13.7. The molecule has 0 aromatic heterocycles. The highest BCUT2D eigenvalue weighted by Crippen LogP contribution is 2.22. The number of nitrogens with one attached hydrogen (secondary N) is 1. The average molecular weight is 330 g/mol. The molecule has 0 aliphatic heterocycles. The van der Waals surface area contributed by atoms with E-state index in [2.05, 4.69) is 27.3 Å². The fraction of sp³-hybridized carbons (Fsp3) is 0.0667. The van der Waals surface area contributed by atoms with E-state index >= 15 is 0 Å². The van der Waals surface area contributed by atoms with Gasteiger partial charge in [0.25, 0.3) is 0 Å². The van der Waals surface area contributed by atoms with Crippen LogP contribution in [0, 0.1) is 28.5 Å². The molecule has 20 heavy (non-hydrogen) atoms.